The van der Waals surface area contributed by atoms with Crippen molar-refractivity contribution in [1.29, 1.82) is 0 Å². The van der Waals surface area contributed by atoms with Crippen LogP contribution in [0.3, 0.4) is 0 Å². The molecule has 28 heavy (non-hydrogen) atoms. The van der Waals surface area contributed by atoms with Crippen molar-refractivity contribution in [3.8, 4) is 0 Å². The van der Waals surface area contributed by atoms with Gasteiger partial charge in [0.25, 0.3) is 11.8 Å². The summed E-state index contributed by atoms with van der Waals surface area (Å²) < 4.78 is 0. The fraction of sp³-hybridized carbons (Fsp3) is 0.0870. The Morgan fingerprint density at radius 2 is 1.18 bits per heavy atom. The van der Waals surface area contributed by atoms with Crippen LogP contribution in [0.5, 0.6) is 0 Å². The molecule has 2 amide bonds. The lowest BCUT2D eigenvalue weighted by molar-refractivity contribution is 0.100. The molecule has 0 saturated heterocycles. The molecule has 3 aromatic rings. The van der Waals surface area contributed by atoms with E-state index in [-0.39, 0.29) is 17.6 Å². The predicted octanol–water partition coefficient (Wildman–Crippen LogP) is 4.70. The van der Waals surface area contributed by atoms with Crippen LogP contribution in [-0.2, 0) is 0 Å². The quantitative estimate of drug-likeness (QED) is 0.637. The number of hydrogen-bond acceptors (Lipinski definition) is 3. The van der Waals surface area contributed by atoms with Crippen molar-refractivity contribution in [2.24, 2.45) is 0 Å². The van der Waals surface area contributed by atoms with Crippen LogP contribution < -0.4 is 10.6 Å². The number of hydrogen-bond donors (Lipinski definition) is 2. The number of Topliss-reactive ketones (excluding diaryl/α,β-unsaturated/α-hetero) is 1. The first-order valence-electron chi connectivity index (χ1n) is 8.83. The Kier molecular flexibility index (Phi) is 5.65. The minimum Gasteiger partial charge on any atom is -0.322 e. The number of aryl methyl sites for hydroxylation is 1. The third-order valence-corrected chi connectivity index (χ3v) is 4.22. The molecule has 0 fully saturated rings. The zero-order valence-electron chi connectivity index (χ0n) is 15.7. The molecular formula is C23H20N2O3. The first kappa shape index (κ1) is 19.0. The molecule has 0 aliphatic heterocycles. The Hall–Kier alpha value is -3.73. The monoisotopic (exact) mass is 372 g/mol. The number of amides is 2. The Bertz CT molecular complexity index is 1040. The Balaban J connectivity index is 1.74. The van der Waals surface area contributed by atoms with Crippen molar-refractivity contribution in [2.75, 3.05) is 10.6 Å². The van der Waals surface area contributed by atoms with Gasteiger partial charge in [-0.25, -0.2) is 0 Å². The molecule has 3 rings (SSSR count). The molecule has 0 bridgehead atoms. The van der Waals surface area contributed by atoms with Crippen molar-refractivity contribution in [2.45, 2.75) is 13.8 Å². The summed E-state index contributed by atoms with van der Waals surface area (Å²) in [5.41, 5.74) is 3.56. The fourth-order valence-electron chi connectivity index (χ4n) is 2.66. The first-order valence-corrected chi connectivity index (χ1v) is 8.83. The summed E-state index contributed by atoms with van der Waals surface area (Å²) in [6.07, 6.45) is 0. The predicted molar refractivity (Wildman–Crippen MR) is 110 cm³/mol. The third kappa shape index (κ3) is 4.71. The van der Waals surface area contributed by atoms with Crippen molar-refractivity contribution in [3.63, 3.8) is 0 Å². The molecule has 0 atom stereocenters. The van der Waals surface area contributed by atoms with E-state index in [4.69, 9.17) is 0 Å². The second-order valence-electron chi connectivity index (χ2n) is 6.49. The minimum atomic E-state index is -0.356. The van der Waals surface area contributed by atoms with Crippen molar-refractivity contribution >= 4 is 29.0 Å². The average molecular weight is 372 g/mol. The van der Waals surface area contributed by atoms with Gasteiger partial charge in [0, 0.05) is 28.1 Å². The van der Waals surface area contributed by atoms with Crippen molar-refractivity contribution < 1.29 is 14.4 Å². The molecule has 3 aromatic carbocycles. The average Bonchev–Trinajstić information content (AvgIpc) is 2.70. The second-order valence-corrected chi connectivity index (χ2v) is 6.49. The van der Waals surface area contributed by atoms with Crippen LogP contribution in [0.4, 0.5) is 11.4 Å². The topological polar surface area (TPSA) is 75.3 Å². The van der Waals surface area contributed by atoms with Gasteiger partial charge in [0.2, 0.25) is 0 Å². The summed E-state index contributed by atoms with van der Waals surface area (Å²) in [4.78, 5) is 36.5. The highest BCUT2D eigenvalue weighted by molar-refractivity contribution is 6.09. The first-order chi connectivity index (χ1) is 13.4. The third-order valence-electron chi connectivity index (χ3n) is 4.22. The van der Waals surface area contributed by atoms with E-state index in [1.807, 2.05) is 31.2 Å². The van der Waals surface area contributed by atoms with Gasteiger partial charge in [0.15, 0.2) is 5.78 Å². The van der Waals surface area contributed by atoms with Gasteiger partial charge in [-0.2, -0.15) is 0 Å². The summed E-state index contributed by atoms with van der Waals surface area (Å²) in [6, 6.07) is 20.7. The van der Waals surface area contributed by atoms with E-state index >= 15 is 0 Å². The van der Waals surface area contributed by atoms with Crippen LogP contribution in [0.1, 0.15) is 43.6 Å². The number of carbonyl (C=O) groups excluding carboxylic acids is 3. The smallest absolute Gasteiger partial charge is 0.255 e. The number of benzene rings is 3. The SMILES string of the molecule is CC(=O)c1cccc(NC(=O)c2cccc(C(=O)Nc3ccc(C)cc3)c2)c1. The normalized spacial score (nSPS) is 10.2. The molecule has 2 N–H and O–H groups in total. The van der Waals surface area contributed by atoms with Gasteiger partial charge >= 0.3 is 0 Å². The van der Waals surface area contributed by atoms with E-state index in [1.54, 1.807) is 42.5 Å². The Morgan fingerprint density at radius 1 is 0.643 bits per heavy atom. The molecule has 0 heterocycles. The lowest BCUT2D eigenvalue weighted by atomic mass is 10.1. The molecule has 0 aliphatic carbocycles. The van der Waals surface area contributed by atoms with E-state index in [0.717, 1.165) is 5.56 Å². The number of ketones is 1. The van der Waals surface area contributed by atoms with Gasteiger partial charge in [-0.1, -0.05) is 35.9 Å². The molecule has 5 nitrogen and oxygen atoms in total. The molecule has 0 spiro atoms. The number of nitrogens with one attached hydrogen (secondary N) is 2. The van der Waals surface area contributed by atoms with E-state index < -0.39 is 0 Å². The van der Waals surface area contributed by atoms with Gasteiger partial charge < -0.3 is 10.6 Å². The van der Waals surface area contributed by atoms with Crippen LogP contribution in [-0.4, -0.2) is 17.6 Å². The van der Waals surface area contributed by atoms with Crippen LogP contribution in [0.2, 0.25) is 0 Å². The second kappa shape index (κ2) is 8.31. The molecule has 5 heteroatoms. The maximum atomic E-state index is 12.5. The van der Waals surface area contributed by atoms with E-state index in [0.29, 0.717) is 28.1 Å². The van der Waals surface area contributed by atoms with E-state index in [2.05, 4.69) is 10.6 Å². The summed E-state index contributed by atoms with van der Waals surface area (Å²) >= 11 is 0. The standard InChI is InChI=1S/C23H20N2O3/c1-15-9-11-20(12-10-15)24-22(27)18-6-3-7-19(13-18)23(28)25-21-8-4-5-17(14-21)16(2)26/h3-14H,1-2H3,(H,24,27)(H,25,28). The lowest BCUT2D eigenvalue weighted by Crippen LogP contribution is -2.15. The highest BCUT2D eigenvalue weighted by Gasteiger charge is 2.12. The molecule has 0 unspecified atom stereocenters. The van der Waals surface area contributed by atoms with Crippen molar-refractivity contribution in [1.82, 2.24) is 0 Å². The largest absolute Gasteiger partial charge is 0.322 e. The lowest BCUT2D eigenvalue weighted by Gasteiger charge is -2.09. The van der Waals surface area contributed by atoms with Crippen LogP contribution >= 0.6 is 0 Å². The van der Waals surface area contributed by atoms with Gasteiger partial charge in [0.05, 0.1) is 0 Å². The van der Waals surface area contributed by atoms with Gasteiger partial charge in [-0.3, -0.25) is 14.4 Å². The van der Waals surface area contributed by atoms with Crippen LogP contribution in [0, 0.1) is 6.92 Å². The molecule has 0 aliphatic rings. The van der Waals surface area contributed by atoms with Crippen molar-refractivity contribution in [3.05, 3.63) is 95.1 Å². The summed E-state index contributed by atoms with van der Waals surface area (Å²) in [5, 5.41) is 5.57. The van der Waals surface area contributed by atoms with Crippen LogP contribution in [0.25, 0.3) is 0 Å². The van der Waals surface area contributed by atoms with E-state index in [9.17, 15) is 14.4 Å². The van der Waals surface area contributed by atoms with Gasteiger partial charge in [-0.15, -0.1) is 0 Å². The molecular weight excluding hydrogens is 352 g/mol. The van der Waals surface area contributed by atoms with E-state index in [1.165, 1.54) is 13.0 Å². The number of anilines is 2. The summed E-state index contributed by atoms with van der Waals surface area (Å²) in [6.45, 7) is 3.44. The number of carbonyl (C=O) groups is 3. The molecule has 0 aromatic heterocycles. The maximum absolute atomic E-state index is 12.5. The molecule has 0 saturated carbocycles. The Morgan fingerprint density at radius 3 is 1.79 bits per heavy atom. The van der Waals surface area contributed by atoms with Gasteiger partial charge in [-0.05, 0) is 56.3 Å². The molecule has 0 radical (unpaired) electrons. The zero-order chi connectivity index (χ0) is 20.1. The zero-order valence-corrected chi connectivity index (χ0v) is 15.7. The number of rotatable bonds is 5. The fourth-order valence-corrected chi connectivity index (χ4v) is 2.66. The minimum absolute atomic E-state index is 0.0779. The Labute approximate surface area is 163 Å². The summed E-state index contributed by atoms with van der Waals surface area (Å²) in [5.74, 6) is -0.728. The summed E-state index contributed by atoms with van der Waals surface area (Å²) in [7, 11) is 0. The highest BCUT2D eigenvalue weighted by atomic mass is 16.2. The highest BCUT2D eigenvalue weighted by Crippen LogP contribution is 2.15. The van der Waals surface area contributed by atoms with Gasteiger partial charge in [0.1, 0.15) is 0 Å². The maximum Gasteiger partial charge on any atom is 0.255 e. The molecule has 140 valence electrons. The van der Waals surface area contributed by atoms with Crippen LogP contribution in [0.15, 0.2) is 72.8 Å².